The number of nitrogens with one attached hydrogen (secondary N) is 5. The number of likely N-dealkylation sites (N-methyl/N-ethyl adjacent to an activating group) is 1. The molecule has 0 aromatic heterocycles. The molecule has 13 heteroatoms. The largest absolute Gasteiger partial charge is 0.354 e. The van der Waals surface area contributed by atoms with E-state index in [1.807, 2.05) is 0 Å². The molecule has 0 aliphatic carbocycles. The minimum Gasteiger partial charge on any atom is -0.354 e. The van der Waals surface area contributed by atoms with Crippen molar-refractivity contribution in [3.63, 3.8) is 0 Å². The minimum absolute atomic E-state index is 0.0448. The van der Waals surface area contributed by atoms with Gasteiger partial charge in [0, 0.05) is 38.3 Å². The Morgan fingerprint density at radius 1 is 0.625 bits per heavy atom. The predicted octanol–water partition coefficient (Wildman–Crippen LogP) is -0.358. The lowest BCUT2D eigenvalue weighted by Crippen LogP contribution is -2.52. The molecule has 0 bridgehead atoms. The van der Waals surface area contributed by atoms with Crippen LogP contribution in [0.4, 0.5) is 0 Å². The molecule has 0 aliphatic heterocycles. The predicted molar refractivity (Wildman–Crippen MR) is 147 cm³/mol. The zero-order valence-corrected chi connectivity index (χ0v) is 24.2. The van der Waals surface area contributed by atoms with Gasteiger partial charge in [0.15, 0.2) is 0 Å². The van der Waals surface area contributed by atoms with E-state index in [0.29, 0.717) is 19.3 Å². The number of carbonyl (C=O) groups is 8. The third-order valence-corrected chi connectivity index (χ3v) is 6.15. The highest BCUT2D eigenvalue weighted by Gasteiger charge is 2.26. The summed E-state index contributed by atoms with van der Waals surface area (Å²) < 4.78 is 0. The molecule has 226 valence electrons. The van der Waals surface area contributed by atoms with E-state index in [1.165, 1.54) is 27.7 Å². The summed E-state index contributed by atoms with van der Waals surface area (Å²) in [6.45, 7) is 5.76. The first kappa shape index (κ1) is 36.5. The summed E-state index contributed by atoms with van der Waals surface area (Å²) in [6.07, 6.45) is 2.02. The third-order valence-electron chi connectivity index (χ3n) is 6.15. The monoisotopic (exact) mass is 567 g/mol. The molecule has 0 rings (SSSR count). The lowest BCUT2D eigenvalue weighted by Gasteiger charge is -2.23. The zero-order chi connectivity index (χ0) is 30.7. The van der Waals surface area contributed by atoms with Crippen LogP contribution in [0.25, 0.3) is 0 Å². The van der Waals surface area contributed by atoms with E-state index in [0.717, 1.165) is 0 Å². The van der Waals surface area contributed by atoms with Crippen LogP contribution < -0.4 is 26.6 Å². The van der Waals surface area contributed by atoms with Crippen LogP contribution in [0.2, 0.25) is 0 Å². The smallest absolute Gasteiger partial charge is 0.242 e. The SMILES string of the molecule is CNC(CCC(C)=O)C(=O)NC(CCC(C)=O)C(=O)NCCCC(CC(C)=O)NC(=O)C(CCC(C)=O)NC=O. The molecule has 4 atom stereocenters. The average Bonchev–Trinajstić information content (AvgIpc) is 2.86. The first-order valence-electron chi connectivity index (χ1n) is 13.5. The van der Waals surface area contributed by atoms with Gasteiger partial charge in [-0.3, -0.25) is 24.0 Å². The van der Waals surface area contributed by atoms with E-state index in [1.54, 1.807) is 7.05 Å². The highest BCUT2D eigenvalue weighted by molar-refractivity contribution is 5.90. The van der Waals surface area contributed by atoms with Gasteiger partial charge in [0.2, 0.25) is 24.1 Å². The number of ketones is 4. The van der Waals surface area contributed by atoms with Gasteiger partial charge in [-0.2, -0.15) is 0 Å². The fourth-order valence-electron chi connectivity index (χ4n) is 3.92. The van der Waals surface area contributed by atoms with Gasteiger partial charge < -0.3 is 41.0 Å². The highest BCUT2D eigenvalue weighted by atomic mass is 16.2. The van der Waals surface area contributed by atoms with Crippen molar-refractivity contribution < 1.29 is 38.4 Å². The average molecular weight is 568 g/mol. The molecular weight excluding hydrogens is 522 g/mol. The van der Waals surface area contributed by atoms with Crippen LogP contribution >= 0.6 is 0 Å². The molecule has 0 fully saturated rings. The maximum Gasteiger partial charge on any atom is 0.242 e. The van der Waals surface area contributed by atoms with Gasteiger partial charge in [0.1, 0.15) is 35.2 Å². The molecule has 4 amide bonds. The maximum atomic E-state index is 12.9. The van der Waals surface area contributed by atoms with Crippen LogP contribution in [0.3, 0.4) is 0 Å². The molecule has 13 nitrogen and oxygen atoms in total. The minimum atomic E-state index is -0.964. The lowest BCUT2D eigenvalue weighted by molar-refractivity contribution is -0.130. The molecule has 0 spiro atoms. The molecule has 0 heterocycles. The number of rotatable bonds is 23. The summed E-state index contributed by atoms with van der Waals surface area (Å²) in [4.78, 5) is 94.9. The van der Waals surface area contributed by atoms with E-state index < -0.39 is 41.9 Å². The molecule has 0 saturated heterocycles. The van der Waals surface area contributed by atoms with Gasteiger partial charge in [0.05, 0.1) is 6.04 Å². The van der Waals surface area contributed by atoms with Gasteiger partial charge in [-0.25, -0.2) is 0 Å². The van der Waals surface area contributed by atoms with Crippen molar-refractivity contribution in [2.45, 2.75) is 110 Å². The Balaban J connectivity index is 5.12. The third kappa shape index (κ3) is 17.2. The summed E-state index contributed by atoms with van der Waals surface area (Å²) in [7, 11) is 1.58. The first-order chi connectivity index (χ1) is 18.8. The van der Waals surface area contributed by atoms with E-state index in [9.17, 15) is 38.4 Å². The molecule has 0 aromatic carbocycles. The second kappa shape index (κ2) is 20.4. The number of amides is 4. The van der Waals surface area contributed by atoms with Crippen LogP contribution in [-0.4, -0.2) is 85.0 Å². The number of carbonyl (C=O) groups excluding carboxylic acids is 8. The van der Waals surface area contributed by atoms with Crippen molar-refractivity contribution in [2.75, 3.05) is 13.6 Å². The zero-order valence-electron chi connectivity index (χ0n) is 24.2. The topological polar surface area (TPSA) is 197 Å². The Morgan fingerprint density at radius 3 is 1.60 bits per heavy atom. The first-order valence-corrected chi connectivity index (χ1v) is 13.5. The molecule has 4 unspecified atom stereocenters. The number of Topliss-reactive ketones (excluding diaryl/α,β-unsaturated/α-hetero) is 4. The van der Waals surface area contributed by atoms with E-state index in [2.05, 4.69) is 26.6 Å². The van der Waals surface area contributed by atoms with E-state index in [-0.39, 0.29) is 74.6 Å². The van der Waals surface area contributed by atoms with Gasteiger partial charge in [-0.05, 0) is 66.8 Å². The van der Waals surface area contributed by atoms with Gasteiger partial charge in [-0.1, -0.05) is 0 Å². The Labute approximate surface area is 235 Å². The van der Waals surface area contributed by atoms with Gasteiger partial charge in [0.25, 0.3) is 0 Å². The molecule has 0 aromatic rings. The molecule has 40 heavy (non-hydrogen) atoms. The Kier molecular flexibility index (Phi) is 18.7. The maximum absolute atomic E-state index is 12.9. The number of hydrogen-bond donors (Lipinski definition) is 5. The van der Waals surface area contributed by atoms with Crippen LogP contribution in [-0.2, 0) is 38.4 Å². The normalized spacial score (nSPS) is 13.6. The van der Waals surface area contributed by atoms with Crippen molar-refractivity contribution >= 4 is 47.3 Å². The molecule has 0 aliphatic rings. The van der Waals surface area contributed by atoms with Crippen LogP contribution in [0.1, 0.15) is 85.5 Å². The van der Waals surface area contributed by atoms with Crippen molar-refractivity contribution in [2.24, 2.45) is 0 Å². The summed E-state index contributed by atoms with van der Waals surface area (Å²) in [6, 6.07) is -3.12. The van der Waals surface area contributed by atoms with E-state index in [4.69, 9.17) is 0 Å². The summed E-state index contributed by atoms with van der Waals surface area (Å²) >= 11 is 0. The Hall–Kier alpha value is -3.48. The van der Waals surface area contributed by atoms with Crippen LogP contribution in [0.15, 0.2) is 0 Å². The highest BCUT2D eigenvalue weighted by Crippen LogP contribution is 2.07. The fraction of sp³-hybridized carbons (Fsp3) is 0.704. The molecule has 5 N–H and O–H groups in total. The van der Waals surface area contributed by atoms with Crippen molar-refractivity contribution in [1.29, 1.82) is 0 Å². The quantitative estimate of drug-likeness (QED) is 0.0809. The van der Waals surface area contributed by atoms with Crippen LogP contribution in [0.5, 0.6) is 0 Å². The van der Waals surface area contributed by atoms with Crippen molar-refractivity contribution in [3.05, 3.63) is 0 Å². The van der Waals surface area contributed by atoms with Crippen molar-refractivity contribution in [1.82, 2.24) is 26.6 Å². The van der Waals surface area contributed by atoms with Crippen molar-refractivity contribution in [3.8, 4) is 0 Å². The standard InChI is InChI=1S/C27H45N5O8/c1-17(34)8-11-22(28-5)26(39)32-24(13-10-19(3)36)25(38)29-14-6-7-21(15-20(4)37)31-27(40)23(30-16-33)12-9-18(2)35/h16,21-24,28H,6-15H2,1-5H3,(H,29,38)(H,30,33)(H,31,40)(H,32,39). The lowest BCUT2D eigenvalue weighted by atomic mass is 10.0. The second-order valence-electron chi connectivity index (χ2n) is 10.0. The summed E-state index contributed by atoms with van der Waals surface area (Å²) in [5.74, 6) is -1.94. The molecule has 0 radical (unpaired) electrons. The summed E-state index contributed by atoms with van der Waals surface area (Å²) in [5, 5.41) is 13.3. The van der Waals surface area contributed by atoms with Gasteiger partial charge in [-0.15, -0.1) is 0 Å². The second-order valence-corrected chi connectivity index (χ2v) is 10.0. The van der Waals surface area contributed by atoms with Gasteiger partial charge >= 0.3 is 0 Å². The summed E-state index contributed by atoms with van der Waals surface area (Å²) in [5.41, 5.74) is 0. The fourth-order valence-corrected chi connectivity index (χ4v) is 3.92. The Bertz CT molecular complexity index is 907. The molecular formula is C27H45N5O8. The Morgan fingerprint density at radius 2 is 1.12 bits per heavy atom. The van der Waals surface area contributed by atoms with Crippen LogP contribution in [0, 0.1) is 0 Å². The van der Waals surface area contributed by atoms with E-state index >= 15 is 0 Å². The number of hydrogen-bond acceptors (Lipinski definition) is 9. The molecule has 0 saturated carbocycles.